The second kappa shape index (κ2) is 9.20. The Bertz CT molecular complexity index is 1660. The zero-order valence-corrected chi connectivity index (χ0v) is 19.9. The first-order valence-corrected chi connectivity index (χ1v) is 11.6. The molecule has 6 heterocycles. The third-order valence-electron chi connectivity index (χ3n) is 5.99. The maximum atomic E-state index is 5.86. The number of ether oxygens (including phenoxy) is 1. The average Bonchev–Trinajstić information content (AvgIpc) is 3.53. The van der Waals surface area contributed by atoms with E-state index in [1.165, 1.54) is 0 Å². The molecule has 9 heteroatoms. The SMILES string of the molecule is CN(C)CCOc1cncc(-c2cc3c(-c4cc5c(-c6ccccn6)ccnc5[nH]4)n[nH]c3cn2)c1. The molecule has 0 bridgehead atoms. The topological polar surface area (TPSA) is 109 Å². The van der Waals surface area contributed by atoms with Gasteiger partial charge in [0, 0.05) is 47.0 Å². The Kier molecular flexibility index (Phi) is 5.59. The predicted molar refractivity (Wildman–Crippen MR) is 139 cm³/mol. The second-order valence-electron chi connectivity index (χ2n) is 8.77. The normalized spacial score (nSPS) is 11.5. The minimum Gasteiger partial charge on any atom is -0.491 e. The molecule has 0 aliphatic heterocycles. The molecular formula is C27H24N8O. The van der Waals surface area contributed by atoms with Crippen molar-refractivity contribution in [1.29, 1.82) is 0 Å². The van der Waals surface area contributed by atoms with E-state index in [1.54, 1.807) is 31.0 Å². The van der Waals surface area contributed by atoms with Gasteiger partial charge in [0.2, 0.25) is 0 Å². The molecule has 0 aliphatic rings. The monoisotopic (exact) mass is 476 g/mol. The standard InChI is InChI=1S/C27H24N8O/c1-35(2)9-10-36-18-11-17(14-28-15-18)23-13-21-25(16-31-23)33-34-26(21)24-12-20-19(6-8-30-27(20)32-24)22-5-3-4-7-29-22/h3-8,11-16H,9-10H2,1-2H3,(H,30,32)(H,33,34). The Balaban J connectivity index is 1.38. The van der Waals surface area contributed by atoms with Crippen LogP contribution in [-0.2, 0) is 0 Å². The van der Waals surface area contributed by atoms with Crippen molar-refractivity contribution in [3.63, 3.8) is 0 Å². The van der Waals surface area contributed by atoms with E-state index in [9.17, 15) is 0 Å². The van der Waals surface area contributed by atoms with Gasteiger partial charge in [-0.05, 0) is 50.5 Å². The van der Waals surface area contributed by atoms with Crippen LogP contribution in [0.15, 0.2) is 73.4 Å². The minimum absolute atomic E-state index is 0.589. The van der Waals surface area contributed by atoms with Gasteiger partial charge in [-0.15, -0.1) is 0 Å². The van der Waals surface area contributed by atoms with Crippen LogP contribution in [0.25, 0.3) is 55.8 Å². The predicted octanol–water partition coefficient (Wildman–Crippen LogP) is 4.57. The summed E-state index contributed by atoms with van der Waals surface area (Å²) in [6, 6.07) is 13.9. The van der Waals surface area contributed by atoms with Crippen LogP contribution >= 0.6 is 0 Å². The van der Waals surface area contributed by atoms with Crippen molar-refractivity contribution >= 4 is 21.9 Å². The van der Waals surface area contributed by atoms with Gasteiger partial charge in [-0.2, -0.15) is 5.10 Å². The third kappa shape index (κ3) is 4.16. The number of fused-ring (bicyclic) bond motifs is 2. The van der Waals surface area contributed by atoms with Crippen molar-refractivity contribution in [1.82, 2.24) is 40.0 Å². The molecule has 0 saturated heterocycles. The van der Waals surface area contributed by atoms with Crippen LogP contribution in [0.4, 0.5) is 0 Å². The molecule has 6 aromatic heterocycles. The minimum atomic E-state index is 0.589. The maximum Gasteiger partial charge on any atom is 0.138 e. The van der Waals surface area contributed by atoms with Crippen molar-refractivity contribution in [2.24, 2.45) is 0 Å². The Morgan fingerprint density at radius 2 is 1.83 bits per heavy atom. The highest BCUT2D eigenvalue weighted by molar-refractivity contribution is 5.99. The van der Waals surface area contributed by atoms with E-state index in [0.717, 1.165) is 62.4 Å². The fourth-order valence-corrected chi connectivity index (χ4v) is 4.16. The number of rotatable bonds is 7. The van der Waals surface area contributed by atoms with Gasteiger partial charge in [-0.25, -0.2) is 4.98 Å². The third-order valence-corrected chi connectivity index (χ3v) is 5.99. The Morgan fingerprint density at radius 3 is 2.69 bits per heavy atom. The fraction of sp³-hybridized carbons (Fsp3) is 0.148. The van der Waals surface area contributed by atoms with Crippen LogP contribution in [-0.4, -0.2) is 67.3 Å². The summed E-state index contributed by atoms with van der Waals surface area (Å²) in [7, 11) is 4.03. The van der Waals surface area contributed by atoms with E-state index in [0.29, 0.717) is 12.4 Å². The van der Waals surface area contributed by atoms with Crippen molar-refractivity contribution in [3.05, 3.63) is 73.4 Å². The van der Waals surface area contributed by atoms with E-state index in [-0.39, 0.29) is 0 Å². The number of H-pyrrole nitrogens is 2. The van der Waals surface area contributed by atoms with Gasteiger partial charge in [0.1, 0.15) is 23.7 Å². The fourth-order valence-electron chi connectivity index (χ4n) is 4.16. The van der Waals surface area contributed by atoms with Crippen LogP contribution in [0.1, 0.15) is 0 Å². The zero-order valence-electron chi connectivity index (χ0n) is 19.9. The molecule has 0 atom stereocenters. The molecule has 178 valence electrons. The van der Waals surface area contributed by atoms with Crippen molar-refractivity contribution in [3.8, 4) is 39.7 Å². The average molecular weight is 477 g/mol. The summed E-state index contributed by atoms with van der Waals surface area (Å²) in [5.74, 6) is 0.715. The molecule has 36 heavy (non-hydrogen) atoms. The van der Waals surface area contributed by atoms with E-state index >= 15 is 0 Å². The molecular weight excluding hydrogens is 452 g/mol. The van der Waals surface area contributed by atoms with Crippen LogP contribution in [0.5, 0.6) is 5.75 Å². The van der Waals surface area contributed by atoms with Gasteiger partial charge in [0.15, 0.2) is 0 Å². The summed E-state index contributed by atoms with van der Waals surface area (Å²) in [6.07, 6.45) is 8.89. The molecule has 9 nitrogen and oxygen atoms in total. The van der Waals surface area contributed by atoms with Crippen LogP contribution < -0.4 is 4.74 Å². The summed E-state index contributed by atoms with van der Waals surface area (Å²) in [5.41, 5.74) is 6.87. The number of likely N-dealkylation sites (N-methyl/N-ethyl adjacent to an activating group) is 1. The molecule has 0 amide bonds. The largest absolute Gasteiger partial charge is 0.491 e. The summed E-state index contributed by atoms with van der Waals surface area (Å²) in [6.45, 7) is 1.42. The van der Waals surface area contributed by atoms with Gasteiger partial charge in [-0.1, -0.05) is 6.07 Å². The number of nitrogens with one attached hydrogen (secondary N) is 2. The summed E-state index contributed by atoms with van der Waals surface area (Å²) in [5, 5.41) is 9.62. The van der Waals surface area contributed by atoms with Gasteiger partial charge >= 0.3 is 0 Å². The molecule has 0 aromatic carbocycles. The van der Waals surface area contributed by atoms with Gasteiger partial charge < -0.3 is 14.6 Å². The van der Waals surface area contributed by atoms with Crippen molar-refractivity contribution in [2.45, 2.75) is 0 Å². The molecule has 0 saturated carbocycles. The van der Waals surface area contributed by atoms with Crippen LogP contribution in [0.3, 0.4) is 0 Å². The summed E-state index contributed by atoms with van der Waals surface area (Å²) < 4.78 is 5.86. The molecule has 0 radical (unpaired) electrons. The Labute approximate surface area is 207 Å². The summed E-state index contributed by atoms with van der Waals surface area (Å²) in [4.78, 5) is 23.5. The lowest BCUT2D eigenvalue weighted by molar-refractivity contribution is 0.261. The lowest BCUT2D eigenvalue weighted by Gasteiger charge is -2.11. The van der Waals surface area contributed by atoms with Crippen molar-refractivity contribution in [2.75, 3.05) is 27.2 Å². The molecule has 0 unspecified atom stereocenters. The van der Waals surface area contributed by atoms with E-state index in [1.807, 2.05) is 50.5 Å². The Morgan fingerprint density at radius 1 is 0.889 bits per heavy atom. The molecule has 2 N–H and O–H groups in total. The smallest absolute Gasteiger partial charge is 0.138 e. The lowest BCUT2D eigenvalue weighted by atomic mass is 10.1. The molecule has 0 aliphatic carbocycles. The van der Waals surface area contributed by atoms with Crippen LogP contribution in [0, 0.1) is 0 Å². The number of nitrogens with zero attached hydrogens (tertiary/aromatic N) is 6. The van der Waals surface area contributed by atoms with Gasteiger partial charge in [-0.3, -0.25) is 20.1 Å². The molecule has 6 aromatic rings. The molecule has 6 rings (SSSR count). The van der Waals surface area contributed by atoms with E-state index in [2.05, 4.69) is 46.1 Å². The lowest BCUT2D eigenvalue weighted by Crippen LogP contribution is -2.19. The highest BCUT2D eigenvalue weighted by Crippen LogP contribution is 2.33. The number of hydrogen-bond donors (Lipinski definition) is 2. The first kappa shape index (κ1) is 21.9. The van der Waals surface area contributed by atoms with Crippen molar-refractivity contribution < 1.29 is 4.74 Å². The molecule has 0 spiro atoms. The quantitative estimate of drug-likeness (QED) is 0.348. The Hall–Kier alpha value is -4.63. The first-order valence-electron chi connectivity index (χ1n) is 11.6. The molecule has 0 fully saturated rings. The number of hydrogen-bond acceptors (Lipinski definition) is 7. The number of aromatic amines is 2. The maximum absolute atomic E-state index is 5.86. The summed E-state index contributed by atoms with van der Waals surface area (Å²) >= 11 is 0. The first-order chi connectivity index (χ1) is 17.7. The number of aromatic nitrogens is 7. The van der Waals surface area contributed by atoms with E-state index in [4.69, 9.17) is 4.74 Å². The zero-order chi connectivity index (χ0) is 24.5. The second-order valence-corrected chi connectivity index (χ2v) is 8.77. The number of pyridine rings is 4. The van der Waals surface area contributed by atoms with E-state index < -0.39 is 0 Å². The van der Waals surface area contributed by atoms with Gasteiger partial charge in [0.05, 0.1) is 35.0 Å². The highest BCUT2D eigenvalue weighted by atomic mass is 16.5. The van der Waals surface area contributed by atoms with Gasteiger partial charge in [0.25, 0.3) is 0 Å². The van der Waals surface area contributed by atoms with Crippen LogP contribution in [0.2, 0.25) is 0 Å². The highest BCUT2D eigenvalue weighted by Gasteiger charge is 2.16.